The number of carbonyl (C=O) groups excluding carboxylic acids is 3. The Labute approximate surface area is 118 Å². The van der Waals surface area contributed by atoms with Gasteiger partial charge in [0.25, 0.3) is 0 Å². The lowest BCUT2D eigenvalue weighted by Crippen LogP contribution is -2.47. The molecule has 2 amide bonds. The first-order valence-corrected chi connectivity index (χ1v) is 6.33. The molecule has 106 valence electrons. The maximum atomic E-state index is 12.0. The van der Waals surface area contributed by atoms with Crippen LogP contribution >= 0.6 is 0 Å². The number of ketones is 1. The number of carbonyl (C=O) groups is 3. The summed E-state index contributed by atoms with van der Waals surface area (Å²) in [5.74, 6) is -0.433. The quantitative estimate of drug-likeness (QED) is 0.485. The Morgan fingerprint density at radius 2 is 1.95 bits per heavy atom. The topological polar surface area (TPSA) is 66.5 Å². The van der Waals surface area contributed by atoms with Gasteiger partial charge in [-0.15, -0.1) is 0 Å². The van der Waals surface area contributed by atoms with Crippen molar-refractivity contribution in [1.82, 2.24) is 10.2 Å². The van der Waals surface area contributed by atoms with Crippen molar-refractivity contribution in [1.29, 1.82) is 0 Å². The number of urea groups is 1. The zero-order chi connectivity index (χ0) is 15.0. The first-order valence-electron chi connectivity index (χ1n) is 6.33. The molecule has 1 N–H and O–H groups in total. The van der Waals surface area contributed by atoms with Gasteiger partial charge in [-0.25, -0.2) is 4.79 Å². The van der Waals surface area contributed by atoms with Crippen LogP contribution in [0.15, 0.2) is 36.4 Å². The Hall–Kier alpha value is -2.43. The molecule has 0 fully saturated rings. The van der Waals surface area contributed by atoms with E-state index in [0.29, 0.717) is 12.8 Å². The minimum atomic E-state index is -1.11. The first kappa shape index (κ1) is 15.6. The number of nitrogens with one attached hydrogen (secondary N) is 1. The molecular weight excluding hydrogens is 256 g/mol. The van der Waals surface area contributed by atoms with Crippen molar-refractivity contribution in [3.8, 4) is 0 Å². The van der Waals surface area contributed by atoms with Gasteiger partial charge in [-0.1, -0.05) is 36.4 Å². The summed E-state index contributed by atoms with van der Waals surface area (Å²) < 4.78 is 0. The standard InChI is InChI=1S/C15H18N2O3/c1-3-16-15(20)17(2)13(11-18)14(19)10-9-12-7-5-4-6-8-12/h4-11,13H,3H2,1-2H3,(H,16,20). The highest BCUT2D eigenvalue weighted by molar-refractivity contribution is 6.08. The predicted molar refractivity (Wildman–Crippen MR) is 77.2 cm³/mol. The third kappa shape index (κ3) is 4.35. The van der Waals surface area contributed by atoms with Crippen molar-refractivity contribution >= 4 is 24.2 Å². The molecule has 1 unspecified atom stereocenters. The first-order chi connectivity index (χ1) is 9.60. The molecule has 0 radical (unpaired) electrons. The zero-order valence-electron chi connectivity index (χ0n) is 11.6. The minimum Gasteiger partial charge on any atom is -0.338 e. The second kappa shape index (κ2) is 7.89. The second-order valence-corrected chi connectivity index (χ2v) is 4.17. The smallest absolute Gasteiger partial charge is 0.318 e. The van der Waals surface area contributed by atoms with Crippen molar-refractivity contribution in [3.05, 3.63) is 42.0 Å². The predicted octanol–water partition coefficient (Wildman–Crippen LogP) is 1.50. The molecular formula is C15H18N2O3. The zero-order valence-corrected chi connectivity index (χ0v) is 11.6. The van der Waals surface area contributed by atoms with Gasteiger partial charge >= 0.3 is 6.03 Å². The lowest BCUT2D eigenvalue weighted by atomic mass is 10.1. The van der Waals surface area contributed by atoms with Crippen molar-refractivity contribution in [2.24, 2.45) is 0 Å². The molecule has 5 heteroatoms. The molecule has 0 saturated heterocycles. The van der Waals surface area contributed by atoms with E-state index in [-0.39, 0.29) is 0 Å². The number of benzene rings is 1. The van der Waals surface area contributed by atoms with E-state index in [1.165, 1.54) is 13.1 Å². The average molecular weight is 274 g/mol. The Bertz CT molecular complexity index is 497. The van der Waals surface area contributed by atoms with Gasteiger partial charge in [0.1, 0.15) is 0 Å². The SMILES string of the molecule is CCNC(=O)N(C)C(C=O)C(=O)C=Cc1ccccc1. The third-order valence-corrected chi connectivity index (χ3v) is 2.73. The van der Waals surface area contributed by atoms with E-state index >= 15 is 0 Å². The molecule has 0 saturated carbocycles. The van der Waals surface area contributed by atoms with E-state index < -0.39 is 17.9 Å². The van der Waals surface area contributed by atoms with Crippen LogP contribution in [0.2, 0.25) is 0 Å². The monoisotopic (exact) mass is 274 g/mol. The van der Waals surface area contributed by atoms with Gasteiger partial charge < -0.3 is 15.0 Å². The average Bonchev–Trinajstić information content (AvgIpc) is 2.47. The molecule has 5 nitrogen and oxygen atoms in total. The van der Waals surface area contributed by atoms with Gasteiger partial charge in [-0.2, -0.15) is 0 Å². The van der Waals surface area contributed by atoms with E-state index in [4.69, 9.17) is 0 Å². The fraction of sp³-hybridized carbons (Fsp3) is 0.267. The molecule has 1 aromatic rings. The number of hydrogen-bond donors (Lipinski definition) is 1. The van der Waals surface area contributed by atoms with Crippen LogP contribution in [0.25, 0.3) is 6.08 Å². The second-order valence-electron chi connectivity index (χ2n) is 4.17. The number of hydrogen-bond acceptors (Lipinski definition) is 3. The van der Waals surface area contributed by atoms with Crippen LogP contribution in [0.3, 0.4) is 0 Å². The molecule has 0 heterocycles. The van der Waals surface area contributed by atoms with Gasteiger partial charge in [-0.3, -0.25) is 4.79 Å². The van der Waals surface area contributed by atoms with Crippen LogP contribution in [0.5, 0.6) is 0 Å². The molecule has 0 aromatic heterocycles. The van der Waals surface area contributed by atoms with Gasteiger partial charge in [0.2, 0.25) is 0 Å². The van der Waals surface area contributed by atoms with Crippen LogP contribution in [0.4, 0.5) is 4.79 Å². The Kier molecular flexibility index (Phi) is 6.16. The van der Waals surface area contributed by atoms with Crippen molar-refractivity contribution in [3.63, 3.8) is 0 Å². The third-order valence-electron chi connectivity index (χ3n) is 2.73. The van der Waals surface area contributed by atoms with Gasteiger partial charge in [-0.05, 0) is 18.6 Å². The Morgan fingerprint density at radius 1 is 1.30 bits per heavy atom. The summed E-state index contributed by atoms with van der Waals surface area (Å²) in [7, 11) is 1.41. The van der Waals surface area contributed by atoms with Crippen LogP contribution in [-0.2, 0) is 9.59 Å². The highest BCUT2D eigenvalue weighted by Crippen LogP contribution is 2.03. The van der Waals surface area contributed by atoms with Crippen molar-refractivity contribution in [2.75, 3.05) is 13.6 Å². The molecule has 0 bridgehead atoms. The van der Waals surface area contributed by atoms with E-state index in [1.807, 2.05) is 30.3 Å². The van der Waals surface area contributed by atoms with E-state index in [9.17, 15) is 14.4 Å². The molecule has 1 atom stereocenters. The van der Waals surface area contributed by atoms with Crippen LogP contribution in [-0.4, -0.2) is 42.6 Å². The summed E-state index contributed by atoms with van der Waals surface area (Å²) in [4.78, 5) is 35.7. The van der Waals surface area contributed by atoms with E-state index in [1.54, 1.807) is 13.0 Å². The van der Waals surface area contributed by atoms with Crippen molar-refractivity contribution < 1.29 is 14.4 Å². The maximum Gasteiger partial charge on any atom is 0.318 e. The van der Waals surface area contributed by atoms with Gasteiger partial charge in [0.15, 0.2) is 18.1 Å². The number of nitrogens with zero attached hydrogens (tertiary/aromatic N) is 1. The highest BCUT2D eigenvalue weighted by atomic mass is 16.2. The molecule has 1 aromatic carbocycles. The lowest BCUT2D eigenvalue weighted by molar-refractivity contribution is -0.124. The summed E-state index contributed by atoms with van der Waals surface area (Å²) in [6.45, 7) is 2.20. The summed E-state index contributed by atoms with van der Waals surface area (Å²) >= 11 is 0. The van der Waals surface area contributed by atoms with Gasteiger partial charge in [0.05, 0.1) is 0 Å². The number of aldehydes is 1. The Balaban J connectivity index is 2.75. The number of likely N-dealkylation sites (N-methyl/N-ethyl adjacent to an activating group) is 1. The summed E-state index contributed by atoms with van der Waals surface area (Å²) in [5.41, 5.74) is 0.853. The molecule has 0 aliphatic heterocycles. The van der Waals surface area contributed by atoms with Crippen LogP contribution in [0.1, 0.15) is 12.5 Å². The summed E-state index contributed by atoms with van der Waals surface area (Å²) in [6, 6.07) is 7.69. The molecule has 0 aliphatic carbocycles. The van der Waals surface area contributed by atoms with Crippen molar-refractivity contribution in [2.45, 2.75) is 13.0 Å². The van der Waals surface area contributed by atoms with Crippen LogP contribution < -0.4 is 5.32 Å². The molecule has 1 rings (SSSR count). The van der Waals surface area contributed by atoms with Crippen LogP contribution in [0, 0.1) is 0 Å². The molecule has 0 spiro atoms. The minimum absolute atomic E-state index is 0.433. The van der Waals surface area contributed by atoms with Gasteiger partial charge in [0, 0.05) is 13.6 Å². The number of amides is 2. The highest BCUT2D eigenvalue weighted by Gasteiger charge is 2.24. The van der Waals surface area contributed by atoms with E-state index in [0.717, 1.165) is 10.5 Å². The largest absolute Gasteiger partial charge is 0.338 e. The summed E-state index contributed by atoms with van der Waals surface area (Å²) in [5, 5.41) is 2.54. The number of rotatable bonds is 6. The molecule has 20 heavy (non-hydrogen) atoms. The molecule has 0 aliphatic rings. The normalized spacial score (nSPS) is 11.9. The fourth-order valence-electron chi connectivity index (χ4n) is 1.59. The lowest BCUT2D eigenvalue weighted by Gasteiger charge is -2.21. The summed E-state index contributed by atoms with van der Waals surface area (Å²) in [6.07, 6.45) is 3.39. The van der Waals surface area contributed by atoms with E-state index in [2.05, 4.69) is 5.32 Å². The fourth-order valence-corrected chi connectivity index (χ4v) is 1.59. The Morgan fingerprint density at radius 3 is 2.50 bits per heavy atom. The maximum absolute atomic E-state index is 12.0.